The van der Waals surface area contributed by atoms with Crippen molar-refractivity contribution in [3.8, 4) is 11.5 Å². The fourth-order valence-electron chi connectivity index (χ4n) is 3.08. The van der Waals surface area contributed by atoms with Gasteiger partial charge in [0.2, 0.25) is 0 Å². The van der Waals surface area contributed by atoms with Gasteiger partial charge in [0.25, 0.3) is 5.92 Å². The molecule has 0 N–H and O–H groups in total. The molecule has 0 radical (unpaired) electrons. The molecule has 1 aliphatic heterocycles. The van der Waals surface area contributed by atoms with E-state index in [1.807, 2.05) is 0 Å². The highest BCUT2D eigenvalue weighted by atomic mass is 19.3. The third-order valence-electron chi connectivity index (χ3n) is 4.52. The Balaban J connectivity index is 1.69. The summed E-state index contributed by atoms with van der Waals surface area (Å²) in [5.41, 5.74) is 0.668. The minimum Gasteiger partial charge on any atom is -0.342 e. The van der Waals surface area contributed by atoms with E-state index in [-0.39, 0.29) is 35.4 Å². The molecule has 1 saturated heterocycles. The first-order chi connectivity index (χ1) is 13.7. The van der Waals surface area contributed by atoms with Gasteiger partial charge in [0.05, 0.1) is 25.8 Å². The fourth-order valence-corrected chi connectivity index (χ4v) is 3.08. The standard InChI is InChI=1S/C19H15F4N5O/c1-11(29)16-6-15(26-28(16)8-12-4-2-3-5-13(12)20)17-24-7-14(21)18(25-17)27-9-19(22,23)10-27/h2-7H,8-10H2,1H3. The van der Waals surface area contributed by atoms with Crippen LogP contribution in [0, 0.1) is 11.6 Å². The lowest BCUT2D eigenvalue weighted by Crippen LogP contribution is -2.57. The maximum absolute atomic E-state index is 14.0. The van der Waals surface area contributed by atoms with Crippen molar-refractivity contribution in [2.75, 3.05) is 18.0 Å². The van der Waals surface area contributed by atoms with E-state index in [1.54, 1.807) is 18.2 Å². The number of Topliss-reactive ketones (excluding diaryl/α,β-unsaturated/α-hetero) is 1. The zero-order valence-electron chi connectivity index (χ0n) is 15.2. The van der Waals surface area contributed by atoms with Crippen LogP contribution in [0.25, 0.3) is 11.5 Å². The Morgan fingerprint density at radius 2 is 1.90 bits per heavy atom. The molecule has 0 saturated carbocycles. The van der Waals surface area contributed by atoms with E-state index in [9.17, 15) is 22.4 Å². The maximum atomic E-state index is 14.0. The van der Waals surface area contributed by atoms with Gasteiger partial charge in [0, 0.05) is 12.5 Å². The van der Waals surface area contributed by atoms with Crippen molar-refractivity contribution in [2.45, 2.75) is 19.4 Å². The van der Waals surface area contributed by atoms with Gasteiger partial charge in [-0.15, -0.1) is 0 Å². The van der Waals surface area contributed by atoms with E-state index >= 15 is 0 Å². The molecule has 3 heterocycles. The summed E-state index contributed by atoms with van der Waals surface area (Å²) >= 11 is 0. The molecule has 0 amide bonds. The van der Waals surface area contributed by atoms with Gasteiger partial charge in [0.15, 0.2) is 23.2 Å². The molecule has 6 nitrogen and oxygen atoms in total. The van der Waals surface area contributed by atoms with Crippen molar-refractivity contribution in [1.82, 2.24) is 19.7 Å². The first kappa shape index (κ1) is 19.0. The predicted octanol–water partition coefficient (Wildman–Crippen LogP) is 3.32. The number of carbonyl (C=O) groups is 1. The maximum Gasteiger partial charge on any atom is 0.282 e. The van der Waals surface area contributed by atoms with Crippen LogP contribution >= 0.6 is 0 Å². The fraction of sp³-hybridized carbons (Fsp3) is 0.263. The summed E-state index contributed by atoms with van der Waals surface area (Å²) in [4.78, 5) is 21.0. The number of ketones is 1. The Labute approximate surface area is 162 Å². The molecule has 0 spiro atoms. The van der Waals surface area contributed by atoms with Crippen LogP contribution in [0.3, 0.4) is 0 Å². The molecule has 2 aromatic heterocycles. The molecule has 0 atom stereocenters. The van der Waals surface area contributed by atoms with Crippen molar-refractivity contribution in [3.63, 3.8) is 0 Å². The van der Waals surface area contributed by atoms with Crippen LogP contribution in [0.1, 0.15) is 23.0 Å². The Morgan fingerprint density at radius 3 is 2.55 bits per heavy atom. The van der Waals surface area contributed by atoms with Crippen molar-refractivity contribution in [2.24, 2.45) is 0 Å². The summed E-state index contributed by atoms with van der Waals surface area (Å²) in [5.74, 6) is -4.76. The van der Waals surface area contributed by atoms with Crippen LogP contribution in [0.5, 0.6) is 0 Å². The Kier molecular flexibility index (Phi) is 4.56. The molecule has 0 bridgehead atoms. The number of aromatic nitrogens is 4. The molecule has 3 aromatic rings. The van der Waals surface area contributed by atoms with Crippen LogP contribution in [0.2, 0.25) is 0 Å². The van der Waals surface area contributed by atoms with Gasteiger partial charge >= 0.3 is 0 Å². The van der Waals surface area contributed by atoms with Crippen LogP contribution in [-0.2, 0) is 6.54 Å². The SMILES string of the molecule is CC(=O)c1cc(-c2ncc(F)c(N3CC(F)(F)C3)n2)nn1Cc1ccccc1F. The summed E-state index contributed by atoms with van der Waals surface area (Å²) in [6, 6.07) is 7.48. The molecule has 4 rings (SSSR count). The second kappa shape index (κ2) is 6.94. The highest BCUT2D eigenvalue weighted by Crippen LogP contribution is 2.32. The Morgan fingerprint density at radius 1 is 1.17 bits per heavy atom. The molecule has 10 heteroatoms. The van der Waals surface area contributed by atoms with Gasteiger partial charge in [-0.1, -0.05) is 18.2 Å². The van der Waals surface area contributed by atoms with Gasteiger partial charge in [-0.25, -0.2) is 27.5 Å². The summed E-state index contributed by atoms with van der Waals surface area (Å²) in [6.07, 6.45) is 0.872. The minimum absolute atomic E-state index is 0.00597. The van der Waals surface area contributed by atoms with E-state index in [1.165, 1.54) is 23.7 Å². The van der Waals surface area contributed by atoms with Gasteiger partial charge in [-0.3, -0.25) is 9.48 Å². The zero-order chi connectivity index (χ0) is 20.8. The number of hydrogen-bond acceptors (Lipinski definition) is 5. The van der Waals surface area contributed by atoms with Crippen molar-refractivity contribution in [3.05, 3.63) is 59.4 Å². The molecule has 0 unspecified atom stereocenters. The van der Waals surface area contributed by atoms with Crippen LogP contribution in [-0.4, -0.2) is 44.5 Å². The van der Waals surface area contributed by atoms with Gasteiger partial charge in [-0.05, 0) is 12.1 Å². The number of carbonyl (C=O) groups excluding carboxylic acids is 1. The van der Waals surface area contributed by atoms with Crippen LogP contribution in [0.4, 0.5) is 23.4 Å². The van der Waals surface area contributed by atoms with E-state index in [4.69, 9.17) is 0 Å². The second-order valence-electron chi connectivity index (χ2n) is 6.80. The number of benzene rings is 1. The summed E-state index contributed by atoms with van der Waals surface area (Å²) in [7, 11) is 0. The number of nitrogens with zero attached hydrogens (tertiary/aromatic N) is 5. The average molecular weight is 405 g/mol. The normalized spacial score (nSPS) is 15.3. The number of hydrogen-bond donors (Lipinski definition) is 0. The van der Waals surface area contributed by atoms with E-state index < -0.39 is 30.6 Å². The molecule has 29 heavy (non-hydrogen) atoms. The number of halogens is 4. The summed E-state index contributed by atoms with van der Waals surface area (Å²) in [5, 5.41) is 4.26. The average Bonchev–Trinajstić information content (AvgIpc) is 3.06. The quantitative estimate of drug-likeness (QED) is 0.481. The largest absolute Gasteiger partial charge is 0.342 e. The van der Waals surface area contributed by atoms with Crippen LogP contribution < -0.4 is 4.90 Å². The van der Waals surface area contributed by atoms with Gasteiger partial charge < -0.3 is 4.90 Å². The Hall–Kier alpha value is -3.30. The lowest BCUT2D eigenvalue weighted by molar-refractivity contribution is -0.0270. The molecule has 1 fully saturated rings. The van der Waals surface area contributed by atoms with Crippen LogP contribution in [0.15, 0.2) is 36.5 Å². The number of anilines is 1. The second-order valence-corrected chi connectivity index (χ2v) is 6.80. The highest BCUT2D eigenvalue weighted by molar-refractivity contribution is 5.93. The molecule has 150 valence electrons. The Bertz CT molecular complexity index is 1090. The first-order valence-corrected chi connectivity index (χ1v) is 8.71. The zero-order valence-corrected chi connectivity index (χ0v) is 15.2. The number of rotatable bonds is 5. The molecule has 0 aliphatic carbocycles. The third kappa shape index (κ3) is 3.69. The predicted molar refractivity (Wildman–Crippen MR) is 95.9 cm³/mol. The molecule has 1 aromatic carbocycles. The monoisotopic (exact) mass is 405 g/mol. The third-order valence-corrected chi connectivity index (χ3v) is 4.52. The van der Waals surface area contributed by atoms with E-state index in [0.717, 1.165) is 11.1 Å². The van der Waals surface area contributed by atoms with E-state index in [0.29, 0.717) is 5.56 Å². The number of alkyl halides is 2. The van der Waals surface area contributed by atoms with Gasteiger partial charge in [0.1, 0.15) is 17.2 Å². The van der Waals surface area contributed by atoms with Crippen molar-refractivity contribution < 1.29 is 22.4 Å². The lowest BCUT2D eigenvalue weighted by Gasteiger charge is -2.39. The topological polar surface area (TPSA) is 63.9 Å². The molecule has 1 aliphatic rings. The van der Waals surface area contributed by atoms with Gasteiger partial charge in [-0.2, -0.15) is 5.10 Å². The summed E-state index contributed by atoms with van der Waals surface area (Å²) in [6.45, 7) is 0.0489. The van der Waals surface area contributed by atoms with Crippen molar-refractivity contribution >= 4 is 11.6 Å². The first-order valence-electron chi connectivity index (χ1n) is 8.71. The van der Waals surface area contributed by atoms with E-state index in [2.05, 4.69) is 15.1 Å². The lowest BCUT2D eigenvalue weighted by atomic mass is 10.1. The minimum atomic E-state index is -2.89. The van der Waals surface area contributed by atoms with Crippen molar-refractivity contribution in [1.29, 1.82) is 0 Å². The molecular formula is C19H15F4N5O. The smallest absolute Gasteiger partial charge is 0.282 e. The summed E-state index contributed by atoms with van der Waals surface area (Å²) < 4.78 is 55.5. The highest BCUT2D eigenvalue weighted by Gasteiger charge is 2.45. The molecular weight excluding hydrogens is 390 g/mol.